The fourth-order valence-corrected chi connectivity index (χ4v) is 2.33. The first-order chi connectivity index (χ1) is 10.6. The molecule has 2 fully saturated rings. The topological polar surface area (TPSA) is 70.2 Å². The lowest BCUT2D eigenvalue weighted by atomic mass is 10.1. The van der Waals surface area contributed by atoms with Gasteiger partial charge in [0.25, 0.3) is 0 Å². The van der Waals surface area contributed by atoms with E-state index in [1.165, 1.54) is 12.8 Å². The number of carbonyl (C=O) groups is 2. The fourth-order valence-electron chi connectivity index (χ4n) is 2.33. The van der Waals surface area contributed by atoms with Gasteiger partial charge in [-0.2, -0.15) is 0 Å². The average molecular weight is 338 g/mol. The molecule has 0 bridgehead atoms. The van der Waals surface area contributed by atoms with Crippen molar-refractivity contribution in [3.8, 4) is 0 Å². The molecule has 0 atom stereocenters. The van der Waals surface area contributed by atoms with E-state index in [1.807, 2.05) is 25.1 Å². The van der Waals surface area contributed by atoms with Crippen molar-refractivity contribution in [1.29, 1.82) is 0 Å². The Morgan fingerprint density at radius 3 is 2.52 bits per heavy atom. The summed E-state index contributed by atoms with van der Waals surface area (Å²) in [5.74, 6) is 0.961. The molecule has 0 aromatic heterocycles. The number of rotatable bonds is 7. The smallest absolute Gasteiger partial charge is 0.238 e. The van der Waals surface area contributed by atoms with Gasteiger partial charge in [0, 0.05) is 17.3 Å². The van der Waals surface area contributed by atoms with Crippen LogP contribution >= 0.6 is 12.4 Å². The van der Waals surface area contributed by atoms with Crippen LogP contribution in [0, 0.1) is 18.8 Å². The third-order valence-electron chi connectivity index (χ3n) is 4.14. The van der Waals surface area contributed by atoms with Crippen molar-refractivity contribution in [2.45, 2.75) is 32.6 Å². The summed E-state index contributed by atoms with van der Waals surface area (Å²) < 4.78 is 0. The number of benzene rings is 1. The number of aryl methyl sites for hydroxylation is 1. The van der Waals surface area contributed by atoms with Gasteiger partial charge in [-0.15, -0.1) is 12.4 Å². The van der Waals surface area contributed by atoms with Gasteiger partial charge < -0.3 is 16.0 Å². The standard InChI is InChI=1S/C17H23N3O2.ClH/c1-11-2-7-14(19-17(22)13-5-6-13)8-15(11)20-16(21)10-18-9-12-3-4-12;/h2,7-8,12-13,18H,3-6,9-10H2,1H3,(H,19,22)(H,20,21);1H. The molecule has 2 aliphatic carbocycles. The van der Waals surface area contributed by atoms with Crippen molar-refractivity contribution in [3.63, 3.8) is 0 Å². The predicted octanol–water partition coefficient (Wildman–Crippen LogP) is 2.70. The normalized spacial score (nSPS) is 16.4. The second kappa shape index (κ2) is 7.79. The minimum absolute atomic E-state index is 0. The fraction of sp³-hybridized carbons (Fsp3) is 0.529. The van der Waals surface area contributed by atoms with Gasteiger partial charge in [0.1, 0.15) is 0 Å². The van der Waals surface area contributed by atoms with Gasteiger partial charge in [0.15, 0.2) is 0 Å². The Balaban J connectivity index is 0.00000192. The van der Waals surface area contributed by atoms with Gasteiger partial charge in [0.05, 0.1) is 6.54 Å². The number of anilines is 2. The van der Waals surface area contributed by atoms with E-state index in [4.69, 9.17) is 0 Å². The van der Waals surface area contributed by atoms with E-state index in [9.17, 15) is 9.59 Å². The number of amides is 2. The number of hydrogen-bond donors (Lipinski definition) is 3. The van der Waals surface area contributed by atoms with Gasteiger partial charge in [-0.25, -0.2) is 0 Å². The Hall–Kier alpha value is -1.59. The van der Waals surface area contributed by atoms with Crippen LogP contribution in [0.25, 0.3) is 0 Å². The molecule has 1 aromatic carbocycles. The van der Waals surface area contributed by atoms with Gasteiger partial charge in [0.2, 0.25) is 11.8 Å². The molecule has 0 aliphatic heterocycles. The minimum atomic E-state index is -0.0468. The molecule has 2 amide bonds. The van der Waals surface area contributed by atoms with Gasteiger partial charge >= 0.3 is 0 Å². The zero-order valence-corrected chi connectivity index (χ0v) is 14.2. The summed E-state index contributed by atoms with van der Waals surface area (Å²) in [7, 11) is 0. The molecular formula is C17H24ClN3O2. The summed E-state index contributed by atoms with van der Waals surface area (Å²) in [6.45, 7) is 3.19. The van der Waals surface area contributed by atoms with Crippen molar-refractivity contribution in [1.82, 2.24) is 5.32 Å². The first kappa shape index (κ1) is 17.8. The van der Waals surface area contributed by atoms with Crippen molar-refractivity contribution in [2.24, 2.45) is 11.8 Å². The number of nitrogens with one attached hydrogen (secondary N) is 3. The molecule has 0 spiro atoms. The Bertz CT molecular complexity index is 583. The zero-order chi connectivity index (χ0) is 15.5. The van der Waals surface area contributed by atoms with E-state index >= 15 is 0 Å². The molecule has 3 N–H and O–H groups in total. The molecule has 23 heavy (non-hydrogen) atoms. The lowest BCUT2D eigenvalue weighted by Crippen LogP contribution is -2.29. The lowest BCUT2D eigenvalue weighted by molar-refractivity contribution is -0.117. The quantitative estimate of drug-likeness (QED) is 0.716. The average Bonchev–Trinajstić information content (AvgIpc) is 3.36. The molecule has 6 heteroatoms. The van der Waals surface area contributed by atoms with Crippen LogP contribution in [-0.4, -0.2) is 24.9 Å². The van der Waals surface area contributed by atoms with Crippen molar-refractivity contribution in [3.05, 3.63) is 23.8 Å². The third kappa shape index (κ3) is 5.52. The molecule has 0 heterocycles. The first-order valence-corrected chi connectivity index (χ1v) is 8.04. The second-order valence-electron chi connectivity index (χ2n) is 6.42. The molecular weight excluding hydrogens is 314 g/mol. The summed E-state index contributed by atoms with van der Waals surface area (Å²) in [5.41, 5.74) is 2.48. The minimum Gasteiger partial charge on any atom is -0.326 e. The molecule has 3 rings (SSSR count). The Labute approximate surface area is 143 Å². The van der Waals surface area contributed by atoms with E-state index < -0.39 is 0 Å². The van der Waals surface area contributed by atoms with Crippen molar-refractivity contribution < 1.29 is 9.59 Å². The maximum atomic E-state index is 12.0. The first-order valence-electron chi connectivity index (χ1n) is 8.04. The highest BCUT2D eigenvalue weighted by Gasteiger charge is 2.29. The number of carbonyl (C=O) groups excluding carboxylic acids is 2. The van der Waals surface area contributed by atoms with Crippen molar-refractivity contribution in [2.75, 3.05) is 23.7 Å². The van der Waals surface area contributed by atoms with Crippen LogP contribution in [0.5, 0.6) is 0 Å². The molecule has 0 saturated heterocycles. The molecule has 0 unspecified atom stereocenters. The van der Waals surface area contributed by atoms with Gasteiger partial charge in [-0.1, -0.05) is 6.07 Å². The van der Waals surface area contributed by atoms with Gasteiger partial charge in [-0.05, 0) is 62.8 Å². The van der Waals surface area contributed by atoms with Gasteiger partial charge in [-0.3, -0.25) is 9.59 Å². The van der Waals surface area contributed by atoms with Crippen LogP contribution in [0.3, 0.4) is 0 Å². The summed E-state index contributed by atoms with van der Waals surface area (Å²) >= 11 is 0. The van der Waals surface area contributed by atoms with E-state index in [-0.39, 0.29) is 30.1 Å². The number of halogens is 1. The van der Waals surface area contributed by atoms with E-state index in [1.54, 1.807) is 0 Å². The predicted molar refractivity (Wildman–Crippen MR) is 94.0 cm³/mol. The van der Waals surface area contributed by atoms with E-state index in [2.05, 4.69) is 16.0 Å². The zero-order valence-electron chi connectivity index (χ0n) is 13.4. The van der Waals surface area contributed by atoms with Crippen LogP contribution in [0.4, 0.5) is 11.4 Å². The Morgan fingerprint density at radius 1 is 1.13 bits per heavy atom. The van der Waals surface area contributed by atoms with Crippen LogP contribution < -0.4 is 16.0 Å². The van der Waals surface area contributed by atoms with Crippen LogP contribution in [0.1, 0.15) is 31.2 Å². The van der Waals surface area contributed by atoms with Crippen LogP contribution in [0.2, 0.25) is 0 Å². The third-order valence-corrected chi connectivity index (χ3v) is 4.14. The Kier molecular flexibility index (Phi) is 6.02. The van der Waals surface area contributed by atoms with Crippen molar-refractivity contribution >= 4 is 35.6 Å². The highest BCUT2D eigenvalue weighted by atomic mass is 35.5. The largest absolute Gasteiger partial charge is 0.326 e. The second-order valence-corrected chi connectivity index (χ2v) is 6.42. The highest BCUT2D eigenvalue weighted by Crippen LogP contribution is 2.31. The molecule has 5 nitrogen and oxygen atoms in total. The summed E-state index contributed by atoms with van der Waals surface area (Å²) in [5, 5.41) is 8.99. The van der Waals surface area contributed by atoms with Crippen LogP contribution in [0.15, 0.2) is 18.2 Å². The summed E-state index contributed by atoms with van der Waals surface area (Å²) in [6.07, 6.45) is 4.51. The maximum Gasteiger partial charge on any atom is 0.238 e. The maximum absolute atomic E-state index is 12.0. The summed E-state index contributed by atoms with van der Waals surface area (Å²) in [4.78, 5) is 23.8. The molecule has 126 valence electrons. The van der Waals surface area contributed by atoms with Crippen LogP contribution in [-0.2, 0) is 9.59 Å². The summed E-state index contributed by atoms with van der Waals surface area (Å²) in [6, 6.07) is 5.61. The lowest BCUT2D eigenvalue weighted by Gasteiger charge is -2.12. The molecule has 0 radical (unpaired) electrons. The Morgan fingerprint density at radius 2 is 1.87 bits per heavy atom. The molecule has 1 aromatic rings. The van der Waals surface area contributed by atoms with E-state index in [0.29, 0.717) is 6.54 Å². The number of hydrogen-bond acceptors (Lipinski definition) is 3. The monoisotopic (exact) mass is 337 g/mol. The molecule has 2 aliphatic rings. The molecule has 2 saturated carbocycles. The SMILES string of the molecule is Cc1ccc(NC(=O)C2CC2)cc1NC(=O)CNCC1CC1.Cl. The highest BCUT2D eigenvalue weighted by molar-refractivity contribution is 5.96. The van der Waals surface area contributed by atoms with E-state index in [0.717, 1.165) is 42.2 Å².